The van der Waals surface area contributed by atoms with E-state index in [-0.39, 0.29) is 11.6 Å². The van der Waals surface area contributed by atoms with Gasteiger partial charge in [0.25, 0.3) is 0 Å². The molecule has 1 unspecified atom stereocenters. The summed E-state index contributed by atoms with van der Waals surface area (Å²) in [7, 11) is 0. The number of anilines is 1. The van der Waals surface area contributed by atoms with Gasteiger partial charge in [-0.05, 0) is 28.1 Å². The lowest BCUT2D eigenvalue weighted by Crippen LogP contribution is -2.43. The van der Waals surface area contributed by atoms with Crippen molar-refractivity contribution in [2.75, 3.05) is 24.2 Å². The molecule has 1 heterocycles. The fraction of sp³-hybridized carbons (Fsp3) is 0.385. The molecule has 0 radical (unpaired) electrons. The molecule has 0 aliphatic carbocycles. The zero-order valence-electron chi connectivity index (χ0n) is 10.9. The van der Waals surface area contributed by atoms with Crippen LogP contribution in [0.5, 0.6) is 0 Å². The average molecular weight is 359 g/mol. The molecule has 1 aromatic carbocycles. The van der Waals surface area contributed by atoms with Gasteiger partial charge < -0.3 is 15.3 Å². The van der Waals surface area contributed by atoms with E-state index in [9.17, 15) is 9.59 Å². The number of amides is 2. The standard InChI is InChI=1S/C13H15BrN2O3S/c1-8-7-16(5-6-20-8)13(19)15-11-9(12(17)18)3-2-4-10(11)14/h2-4,8H,5-7H2,1H3,(H,15,19)(H,17,18). The summed E-state index contributed by atoms with van der Waals surface area (Å²) in [5.41, 5.74) is 0.378. The van der Waals surface area contributed by atoms with Gasteiger partial charge in [-0.1, -0.05) is 13.0 Å². The molecule has 108 valence electrons. The molecule has 0 aromatic heterocycles. The Kier molecular flexibility index (Phi) is 4.93. The number of hydrogen-bond donors (Lipinski definition) is 2. The van der Waals surface area contributed by atoms with Crippen molar-refractivity contribution in [2.24, 2.45) is 0 Å². The summed E-state index contributed by atoms with van der Waals surface area (Å²) < 4.78 is 0.560. The van der Waals surface area contributed by atoms with E-state index >= 15 is 0 Å². The van der Waals surface area contributed by atoms with Crippen LogP contribution >= 0.6 is 27.7 Å². The Morgan fingerprint density at radius 1 is 1.50 bits per heavy atom. The van der Waals surface area contributed by atoms with Crippen LogP contribution in [0.3, 0.4) is 0 Å². The van der Waals surface area contributed by atoms with E-state index in [1.807, 2.05) is 11.8 Å². The van der Waals surface area contributed by atoms with Gasteiger partial charge in [0.1, 0.15) is 0 Å². The fourth-order valence-corrected chi connectivity index (χ4v) is 3.50. The second kappa shape index (κ2) is 6.49. The van der Waals surface area contributed by atoms with Crippen molar-refractivity contribution >= 4 is 45.4 Å². The molecule has 1 fully saturated rings. The number of urea groups is 1. The second-order valence-electron chi connectivity index (χ2n) is 4.53. The summed E-state index contributed by atoms with van der Waals surface area (Å²) in [6.45, 7) is 3.42. The molecule has 1 aromatic rings. The minimum Gasteiger partial charge on any atom is -0.478 e. The lowest BCUT2D eigenvalue weighted by atomic mass is 10.2. The molecule has 5 nitrogen and oxygen atoms in total. The number of carboxylic acid groups (broad SMARTS) is 1. The number of halogens is 1. The van der Waals surface area contributed by atoms with E-state index in [2.05, 4.69) is 28.2 Å². The van der Waals surface area contributed by atoms with E-state index < -0.39 is 5.97 Å². The number of aromatic carboxylic acids is 1. The molecule has 2 N–H and O–H groups in total. The number of carbonyl (C=O) groups excluding carboxylic acids is 1. The normalized spacial score (nSPS) is 18.7. The molecule has 7 heteroatoms. The number of hydrogen-bond acceptors (Lipinski definition) is 3. The van der Waals surface area contributed by atoms with Crippen LogP contribution in [0.2, 0.25) is 0 Å². The smallest absolute Gasteiger partial charge is 0.337 e. The van der Waals surface area contributed by atoms with Crippen LogP contribution < -0.4 is 5.32 Å². The summed E-state index contributed by atoms with van der Waals surface area (Å²) in [5.74, 6) is -0.166. The Bertz CT molecular complexity index is 538. The molecule has 0 spiro atoms. The van der Waals surface area contributed by atoms with Gasteiger partial charge in [0.05, 0.1) is 11.3 Å². The predicted molar refractivity (Wildman–Crippen MR) is 83.6 cm³/mol. The van der Waals surface area contributed by atoms with E-state index in [0.29, 0.717) is 28.5 Å². The molecule has 2 amide bonds. The Hall–Kier alpha value is -1.21. The summed E-state index contributed by atoms with van der Waals surface area (Å²) in [6, 6.07) is 4.54. The predicted octanol–water partition coefficient (Wildman–Crippen LogP) is 3.12. The Morgan fingerprint density at radius 3 is 2.90 bits per heavy atom. The topological polar surface area (TPSA) is 69.6 Å². The first-order chi connectivity index (χ1) is 9.49. The summed E-state index contributed by atoms with van der Waals surface area (Å²) in [5, 5.41) is 12.3. The van der Waals surface area contributed by atoms with Gasteiger partial charge in [-0.3, -0.25) is 0 Å². The third-order valence-electron chi connectivity index (χ3n) is 3.00. The van der Waals surface area contributed by atoms with Crippen molar-refractivity contribution in [2.45, 2.75) is 12.2 Å². The number of carbonyl (C=O) groups is 2. The first-order valence-electron chi connectivity index (χ1n) is 6.18. The molecule has 0 bridgehead atoms. The van der Waals surface area contributed by atoms with Crippen molar-refractivity contribution in [3.8, 4) is 0 Å². The van der Waals surface area contributed by atoms with Crippen LogP contribution in [-0.4, -0.2) is 46.1 Å². The number of rotatable bonds is 2. The quantitative estimate of drug-likeness (QED) is 0.851. The highest BCUT2D eigenvalue weighted by Gasteiger charge is 2.23. The highest BCUT2D eigenvalue weighted by molar-refractivity contribution is 9.10. The van der Waals surface area contributed by atoms with E-state index in [4.69, 9.17) is 5.11 Å². The number of benzene rings is 1. The molecule has 2 rings (SSSR count). The van der Waals surface area contributed by atoms with Gasteiger partial charge >= 0.3 is 12.0 Å². The molecule has 1 saturated heterocycles. The zero-order chi connectivity index (χ0) is 14.7. The first-order valence-corrected chi connectivity index (χ1v) is 8.02. The molecule has 1 atom stereocenters. The molecule has 0 saturated carbocycles. The van der Waals surface area contributed by atoms with Gasteiger partial charge in [0, 0.05) is 28.6 Å². The number of carboxylic acids is 1. The zero-order valence-corrected chi connectivity index (χ0v) is 13.3. The number of nitrogens with one attached hydrogen (secondary N) is 1. The maximum Gasteiger partial charge on any atom is 0.337 e. The molecular formula is C13H15BrN2O3S. The number of nitrogens with zero attached hydrogens (tertiary/aromatic N) is 1. The summed E-state index contributed by atoms with van der Waals surface area (Å²) >= 11 is 5.11. The molecule has 1 aliphatic heterocycles. The fourth-order valence-electron chi connectivity index (χ4n) is 2.02. The van der Waals surface area contributed by atoms with Gasteiger partial charge in [-0.25, -0.2) is 9.59 Å². The Morgan fingerprint density at radius 2 is 2.25 bits per heavy atom. The lowest BCUT2D eigenvalue weighted by Gasteiger charge is -2.30. The van der Waals surface area contributed by atoms with Crippen LogP contribution in [-0.2, 0) is 0 Å². The van der Waals surface area contributed by atoms with Crippen LogP contribution in [0, 0.1) is 0 Å². The first kappa shape index (κ1) is 15.2. The van der Waals surface area contributed by atoms with Crippen molar-refractivity contribution in [1.82, 2.24) is 4.90 Å². The SMILES string of the molecule is CC1CN(C(=O)Nc2c(Br)cccc2C(=O)O)CCS1. The second-order valence-corrected chi connectivity index (χ2v) is 6.93. The largest absolute Gasteiger partial charge is 0.478 e. The van der Waals surface area contributed by atoms with Gasteiger partial charge in [0.2, 0.25) is 0 Å². The van der Waals surface area contributed by atoms with Crippen LogP contribution in [0.15, 0.2) is 22.7 Å². The Balaban J connectivity index is 2.17. The Labute approximate surface area is 129 Å². The van der Waals surface area contributed by atoms with Gasteiger partial charge in [0.15, 0.2) is 0 Å². The highest BCUT2D eigenvalue weighted by Crippen LogP contribution is 2.27. The van der Waals surface area contributed by atoms with E-state index in [1.165, 1.54) is 6.07 Å². The highest BCUT2D eigenvalue weighted by atomic mass is 79.9. The maximum absolute atomic E-state index is 12.2. The molecule has 20 heavy (non-hydrogen) atoms. The minimum atomic E-state index is -1.07. The number of thioether (sulfide) groups is 1. The lowest BCUT2D eigenvalue weighted by molar-refractivity contribution is 0.0698. The third kappa shape index (κ3) is 3.46. The van der Waals surface area contributed by atoms with Crippen LogP contribution in [0.4, 0.5) is 10.5 Å². The van der Waals surface area contributed by atoms with Crippen molar-refractivity contribution in [3.63, 3.8) is 0 Å². The molecule has 1 aliphatic rings. The van der Waals surface area contributed by atoms with Crippen LogP contribution in [0.1, 0.15) is 17.3 Å². The van der Waals surface area contributed by atoms with E-state index in [1.54, 1.807) is 17.0 Å². The van der Waals surface area contributed by atoms with Crippen molar-refractivity contribution in [3.05, 3.63) is 28.2 Å². The molecular weight excluding hydrogens is 344 g/mol. The average Bonchev–Trinajstić information content (AvgIpc) is 2.40. The van der Waals surface area contributed by atoms with E-state index in [0.717, 1.165) is 5.75 Å². The third-order valence-corrected chi connectivity index (χ3v) is 4.80. The summed E-state index contributed by atoms with van der Waals surface area (Å²) in [6.07, 6.45) is 0. The maximum atomic E-state index is 12.2. The minimum absolute atomic E-state index is 0.0761. The van der Waals surface area contributed by atoms with Crippen molar-refractivity contribution < 1.29 is 14.7 Å². The monoisotopic (exact) mass is 358 g/mol. The van der Waals surface area contributed by atoms with Gasteiger partial charge in [-0.2, -0.15) is 11.8 Å². The summed E-state index contributed by atoms with van der Waals surface area (Å²) in [4.78, 5) is 25.1. The van der Waals surface area contributed by atoms with Crippen molar-refractivity contribution in [1.29, 1.82) is 0 Å². The van der Waals surface area contributed by atoms with Gasteiger partial charge in [-0.15, -0.1) is 0 Å². The van der Waals surface area contributed by atoms with Crippen LogP contribution in [0.25, 0.3) is 0 Å². The number of para-hydroxylation sites is 1.